The Morgan fingerprint density at radius 1 is 1.62 bits per heavy atom. The van der Waals surface area contributed by atoms with Crippen LogP contribution in [0.4, 0.5) is 0 Å². The molecule has 0 aromatic carbocycles. The van der Waals surface area contributed by atoms with Gasteiger partial charge in [-0.05, 0) is 6.42 Å². The van der Waals surface area contributed by atoms with E-state index in [4.69, 9.17) is 10.3 Å². The van der Waals surface area contributed by atoms with E-state index in [9.17, 15) is 5.11 Å². The molecule has 0 aliphatic heterocycles. The standard InChI is InChI=1S/C8H15N3O2/c1-3-5(2)7-10-8(13-11-7)6(12)4-9/h5-6,12H,3-4,9H2,1-2H3. The van der Waals surface area contributed by atoms with E-state index in [1.165, 1.54) is 0 Å². The van der Waals surface area contributed by atoms with Gasteiger partial charge in [0.25, 0.3) is 5.89 Å². The Morgan fingerprint density at radius 2 is 2.31 bits per heavy atom. The van der Waals surface area contributed by atoms with Crippen molar-refractivity contribution in [1.29, 1.82) is 0 Å². The van der Waals surface area contributed by atoms with E-state index in [1.54, 1.807) is 0 Å². The largest absolute Gasteiger partial charge is 0.382 e. The summed E-state index contributed by atoms with van der Waals surface area (Å²) in [5.74, 6) is 1.09. The zero-order valence-corrected chi connectivity index (χ0v) is 7.90. The number of hydrogen-bond donors (Lipinski definition) is 2. The van der Waals surface area contributed by atoms with Gasteiger partial charge in [-0.25, -0.2) is 0 Å². The Morgan fingerprint density at radius 3 is 2.85 bits per heavy atom. The van der Waals surface area contributed by atoms with Crippen molar-refractivity contribution in [2.24, 2.45) is 5.73 Å². The number of aliphatic hydroxyl groups excluding tert-OH is 1. The molecule has 0 aliphatic carbocycles. The number of aromatic nitrogens is 2. The number of nitrogens with two attached hydrogens (primary N) is 1. The Labute approximate surface area is 76.9 Å². The molecule has 1 aromatic rings. The van der Waals surface area contributed by atoms with E-state index in [0.29, 0.717) is 5.82 Å². The molecule has 0 bridgehead atoms. The van der Waals surface area contributed by atoms with Gasteiger partial charge < -0.3 is 15.4 Å². The van der Waals surface area contributed by atoms with Gasteiger partial charge in [-0.3, -0.25) is 0 Å². The van der Waals surface area contributed by atoms with Crippen molar-refractivity contribution in [3.05, 3.63) is 11.7 Å². The zero-order chi connectivity index (χ0) is 9.84. The van der Waals surface area contributed by atoms with Gasteiger partial charge in [0.15, 0.2) is 5.82 Å². The number of nitrogens with zero attached hydrogens (tertiary/aromatic N) is 2. The summed E-state index contributed by atoms with van der Waals surface area (Å²) in [4.78, 5) is 4.04. The normalized spacial score (nSPS) is 15.7. The number of aliphatic hydroxyl groups is 1. The van der Waals surface area contributed by atoms with Crippen LogP contribution < -0.4 is 5.73 Å². The first-order valence-corrected chi connectivity index (χ1v) is 4.40. The Bertz CT molecular complexity index is 237. The van der Waals surface area contributed by atoms with Crippen LogP contribution in [0.3, 0.4) is 0 Å². The first kappa shape index (κ1) is 10.1. The van der Waals surface area contributed by atoms with Gasteiger partial charge in [-0.2, -0.15) is 4.98 Å². The SMILES string of the molecule is CCC(C)c1noc(C(O)CN)n1. The summed E-state index contributed by atoms with van der Waals surface area (Å²) in [5, 5.41) is 13.0. The molecule has 1 rings (SSSR count). The molecule has 5 nitrogen and oxygen atoms in total. The van der Waals surface area contributed by atoms with Crippen LogP contribution in [0.25, 0.3) is 0 Å². The summed E-state index contributed by atoms with van der Waals surface area (Å²) in [6, 6.07) is 0. The van der Waals surface area contributed by atoms with Crippen LogP contribution in [0.15, 0.2) is 4.52 Å². The highest BCUT2D eigenvalue weighted by atomic mass is 16.5. The molecule has 13 heavy (non-hydrogen) atoms. The van der Waals surface area contributed by atoms with E-state index in [1.807, 2.05) is 13.8 Å². The van der Waals surface area contributed by atoms with Crippen LogP contribution in [-0.2, 0) is 0 Å². The maximum Gasteiger partial charge on any atom is 0.256 e. The van der Waals surface area contributed by atoms with Crippen LogP contribution in [0.1, 0.15) is 44.0 Å². The molecule has 74 valence electrons. The minimum absolute atomic E-state index is 0.0993. The van der Waals surface area contributed by atoms with E-state index in [-0.39, 0.29) is 18.4 Å². The van der Waals surface area contributed by atoms with Crippen molar-refractivity contribution in [2.75, 3.05) is 6.54 Å². The second-order valence-electron chi connectivity index (χ2n) is 3.05. The van der Waals surface area contributed by atoms with Crippen molar-refractivity contribution in [3.8, 4) is 0 Å². The Hall–Kier alpha value is -0.940. The predicted molar refractivity (Wildman–Crippen MR) is 47.0 cm³/mol. The molecule has 2 atom stereocenters. The lowest BCUT2D eigenvalue weighted by molar-refractivity contribution is 0.141. The third kappa shape index (κ3) is 2.26. The van der Waals surface area contributed by atoms with Crippen molar-refractivity contribution in [3.63, 3.8) is 0 Å². The van der Waals surface area contributed by atoms with E-state index in [0.717, 1.165) is 6.42 Å². The molecule has 3 N–H and O–H groups in total. The maximum atomic E-state index is 9.28. The van der Waals surface area contributed by atoms with Gasteiger partial charge in [0, 0.05) is 12.5 Å². The van der Waals surface area contributed by atoms with Crippen molar-refractivity contribution in [1.82, 2.24) is 10.1 Å². The third-order valence-electron chi connectivity index (χ3n) is 2.02. The van der Waals surface area contributed by atoms with E-state index >= 15 is 0 Å². The van der Waals surface area contributed by atoms with Crippen LogP contribution in [0.5, 0.6) is 0 Å². The van der Waals surface area contributed by atoms with Gasteiger partial charge in [-0.15, -0.1) is 0 Å². The zero-order valence-electron chi connectivity index (χ0n) is 7.90. The van der Waals surface area contributed by atoms with Gasteiger partial charge in [0.1, 0.15) is 6.10 Å². The fraction of sp³-hybridized carbons (Fsp3) is 0.750. The fourth-order valence-electron chi connectivity index (χ4n) is 0.866. The van der Waals surface area contributed by atoms with Crippen LogP contribution in [0, 0.1) is 0 Å². The lowest BCUT2D eigenvalue weighted by Gasteiger charge is -2.00. The van der Waals surface area contributed by atoms with Gasteiger partial charge in [0.2, 0.25) is 0 Å². The van der Waals surface area contributed by atoms with Gasteiger partial charge in [-0.1, -0.05) is 19.0 Å². The molecule has 0 saturated heterocycles. The second-order valence-corrected chi connectivity index (χ2v) is 3.05. The summed E-state index contributed by atoms with van der Waals surface area (Å²) in [5.41, 5.74) is 5.24. The van der Waals surface area contributed by atoms with Crippen LogP contribution >= 0.6 is 0 Å². The first-order chi connectivity index (χ1) is 6.19. The fourth-order valence-corrected chi connectivity index (χ4v) is 0.866. The molecule has 2 unspecified atom stereocenters. The highest BCUT2D eigenvalue weighted by Gasteiger charge is 2.16. The lowest BCUT2D eigenvalue weighted by Crippen LogP contribution is -2.11. The molecular weight excluding hydrogens is 170 g/mol. The smallest absolute Gasteiger partial charge is 0.256 e. The molecule has 0 radical (unpaired) electrons. The van der Waals surface area contributed by atoms with Gasteiger partial charge in [0.05, 0.1) is 0 Å². The topological polar surface area (TPSA) is 85.2 Å². The molecule has 0 spiro atoms. The lowest BCUT2D eigenvalue weighted by atomic mass is 10.1. The van der Waals surface area contributed by atoms with Gasteiger partial charge >= 0.3 is 0 Å². The minimum Gasteiger partial charge on any atom is -0.382 e. The molecule has 0 fully saturated rings. The molecule has 0 saturated carbocycles. The van der Waals surface area contributed by atoms with Crippen molar-refractivity contribution < 1.29 is 9.63 Å². The second kappa shape index (κ2) is 4.34. The first-order valence-electron chi connectivity index (χ1n) is 4.40. The van der Waals surface area contributed by atoms with Crippen molar-refractivity contribution in [2.45, 2.75) is 32.3 Å². The Kier molecular flexibility index (Phi) is 3.39. The van der Waals surface area contributed by atoms with Crippen LogP contribution in [-0.4, -0.2) is 21.8 Å². The molecular formula is C8H15N3O2. The molecule has 1 heterocycles. The number of hydrogen-bond acceptors (Lipinski definition) is 5. The molecule has 0 amide bonds. The van der Waals surface area contributed by atoms with Crippen molar-refractivity contribution >= 4 is 0 Å². The summed E-state index contributed by atoms with van der Waals surface area (Å²) >= 11 is 0. The highest BCUT2D eigenvalue weighted by Crippen LogP contribution is 2.17. The maximum absolute atomic E-state index is 9.28. The van der Waals surface area contributed by atoms with E-state index < -0.39 is 6.10 Å². The molecule has 1 aromatic heterocycles. The summed E-state index contributed by atoms with van der Waals surface area (Å²) in [6.45, 7) is 4.14. The number of rotatable bonds is 4. The Balaban J connectivity index is 2.74. The van der Waals surface area contributed by atoms with E-state index in [2.05, 4.69) is 10.1 Å². The molecule has 5 heteroatoms. The monoisotopic (exact) mass is 185 g/mol. The van der Waals surface area contributed by atoms with Crippen LogP contribution in [0.2, 0.25) is 0 Å². The quantitative estimate of drug-likeness (QED) is 0.716. The summed E-state index contributed by atoms with van der Waals surface area (Å²) in [7, 11) is 0. The average Bonchev–Trinajstić information content (AvgIpc) is 2.64. The minimum atomic E-state index is -0.842. The summed E-state index contributed by atoms with van der Waals surface area (Å²) < 4.78 is 4.85. The third-order valence-corrected chi connectivity index (χ3v) is 2.02. The molecule has 0 aliphatic rings. The highest BCUT2D eigenvalue weighted by molar-refractivity contribution is 4.95. The predicted octanol–water partition coefficient (Wildman–Crippen LogP) is 0.575. The summed E-state index contributed by atoms with van der Waals surface area (Å²) in [6.07, 6.45) is 0.0998. The average molecular weight is 185 g/mol.